The van der Waals surface area contributed by atoms with Crippen molar-refractivity contribution >= 4 is 5.97 Å². The Labute approximate surface area is 91.8 Å². The van der Waals surface area contributed by atoms with Crippen molar-refractivity contribution in [3.63, 3.8) is 0 Å². The van der Waals surface area contributed by atoms with Crippen LogP contribution in [0.2, 0.25) is 0 Å². The number of ether oxygens (including phenoxy) is 1. The molecule has 0 bridgehead atoms. The van der Waals surface area contributed by atoms with Gasteiger partial charge >= 0.3 is 5.97 Å². The minimum absolute atomic E-state index is 0.0154. The lowest BCUT2D eigenvalue weighted by atomic mass is 9.86. The normalized spacial score (nSPS) is 16.3. The molecule has 0 rings (SSSR count). The van der Waals surface area contributed by atoms with Crippen LogP contribution in [0.5, 0.6) is 0 Å². The summed E-state index contributed by atoms with van der Waals surface area (Å²) in [4.78, 5) is 11.3. The number of hydrogen-bond acceptors (Lipinski definition) is 4. The zero-order valence-electron chi connectivity index (χ0n) is 10.3. The number of rotatable bonds is 4. The summed E-state index contributed by atoms with van der Waals surface area (Å²) in [6.07, 6.45) is -0.887. The first-order valence-corrected chi connectivity index (χ1v) is 5.27. The second-order valence-corrected chi connectivity index (χ2v) is 5.36. The van der Waals surface area contributed by atoms with Gasteiger partial charge in [-0.1, -0.05) is 20.8 Å². The first-order valence-electron chi connectivity index (χ1n) is 5.27. The molecule has 4 nitrogen and oxygen atoms in total. The van der Waals surface area contributed by atoms with Crippen molar-refractivity contribution in [2.24, 2.45) is 11.1 Å². The Morgan fingerprint density at radius 3 is 2.20 bits per heavy atom. The van der Waals surface area contributed by atoms with E-state index >= 15 is 0 Å². The Morgan fingerprint density at radius 1 is 1.40 bits per heavy atom. The van der Waals surface area contributed by atoms with Crippen molar-refractivity contribution in [2.45, 2.75) is 59.3 Å². The smallest absolute Gasteiger partial charge is 0.336 e. The third-order valence-electron chi connectivity index (χ3n) is 1.85. The molecule has 0 saturated carbocycles. The predicted octanol–water partition coefficient (Wildman–Crippen LogP) is 1.06. The molecular formula is C11H23NO3. The summed E-state index contributed by atoms with van der Waals surface area (Å²) in [6.45, 7) is 9.49. The van der Waals surface area contributed by atoms with Crippen molar-refractivity contribution in [1.82, 2.24) is 0 Å². The standard InChI is InChI=1S/C11H23NO3/c1-7(2)15-10(14)9(13)8(12)6-11(3,4)5/h7-9,13H,6,12H2,1-5H3/t8-,9?/m0/s1. The van der Waals surface area contributed by atoms with Crippen LogP contribution >= 0.6 is 0 Å². The van der Waals surface area contributed by atoms with Gasteiger partial charge in [-0.05, 0) is 25.7 Å². The Hall–Kier alpha value is -0.610. The SMILES string of the molecule is CC(C)OC(=O)C(O)[C@@H](N)CC(C)(C)C. The number of carbonyl (C=O) groups excluding carboxylic acids is 1. The van der Waals surface area contributed by atoms with Gasteiger partial charge in [0.15, 0.2) is 6.10 Å². The summed E-state index contributed by atoms with van der Waals surface area (Å²) in [5, 5.41) is 9.60. The van der Waals surface area contributed by atoms with Gasteiger partial charge < -0.3 is 15.6 Å². The quantitative estimate of drug-likeness (QED) is 0.691. The summed E-state index contributed by atoms with van der Waals surface area (Å²) in [6, 6.07) is -0.573. The van der Waals surface area contributed by atoms with Crippen LogP contribution in [0.1, 0.15) is 41.0 Å². The number of esters is 1. The van der Waals surface area contributed by atoms with Crippen molar-refractivity contribution in [2.75, 3.05) is 0 Å². The average molecular weight is 217 g/mol. The average Bonchev–Trinajstić information content (AvgIpc) is 1.98. The van der Waals surface area contributed by atoms with Crippen LogP contribution in [-0.2, 0) is 9.53 Å². The molecule has 0 aliphatic rings. The van der Waals surface area contributed by atoms with Gasteiger partial charge in [0.2, 0.25) is 0 Å². The molecule has 0 aromatic heterocycles. The maximum absolute atomic E-state index is 11.3. The maximum atomic E-state index is 11.3. The molecule has 0 aromatic carbocycles. The van der Waals surface area contributed by atoms with E-state index in [1.54, 1.807) is 13.8 Å². The molecule has 15 heavy (non-hydrogen) atoms. The molecule has 4 heteroatoms. The predicted molar refractivity (Wildman–Crippen MR) is 59.3 cm³/mol. The summed E-state index contributed by atoms with van der Waals surface area (Å²) in [5.41, 5.74) is 5.71. The van der Waals surface area contributed by atoms with Gasteiger partial charge in [0.25, 0.3) is 0 Å². The summed E-state index contributed by atoms with van der Waals surface area (Å²) >= 11 is 0. The van der Waals surface area contributed by atoms with Crippen molar-refractivity contribution in [3.05, 3.63) is 0 Å². The number of nitrogens with two attached hydrogens (primary N) is 1. The van der Waals surface area contributed by atoms with E-state index in [1.165, 1.54) is 0 Å². The van der Waals surface area contributed by atoms with Crippen LogP contribution in [0.3, 0.4) is 0 Å². The van der Waals surface area contributed by atoms with Crippen LogP contribution in [0, 0.1) is 5.41 Å². The van der Waals surface area contributed by atoms with Crippen LogP contribution in [-0.4, -0.2) is 29.3 Å². The summed E-state index contributed by atoms with van der Waals surface area (Å²) in [7, 11) is 0. The van der Waals surface area contributed by atoms with E-state index in [4.69, 9.17) is 10.5 Å². The molecular weight excluding hydrogens is 194 g/mol. The monoisotopic (exact) mass is 217 g/mol. The molecule has 0 amide bonds. The summed E-state index contributed by atoms with van der Waals surface area (Å²) < 4.78 is 4.88. The van der Waals surface area contributed by atoms with Gasteiger partial charge in [-0.3, -0.25) is 0 Å². The largest absolute Gasteiger partial charge is 0.461 e. The molecule has 3 N–H and O–H groups in total. The molecule has 0 aliphatic carbocycles. The highest BCUT2D eigenvalue weighted by Gasteiger charge is 2.28. The molecule has 90 valence electrons. The van der Waals surface area contributed by atoms with E-state index in [0.29, 0.717) is 6.42 Å². The van der Waals surface area contributed by atoms with Crippen molar-refractivity contribution in [3.8, 4) is 0 Å². The number of carbonyl (C=O) groups is 1. The molecule has 0 radical (unpaired) electrons. The Balaban J connectivity index is 4.19. The number of hydrogen-bond donors (Lipinski definition) is 2. The van der Waals surface area contributed by atoms with E-state index in [-0.39, 0.29) is 11.5 Å². The van der Waals surface area contributed by atoms with E-state index in [0.717, 1.165) is 0 Å². The fourth-order valence-electron chi connectivity index (χ4n) is 1.30. The molecule has 0 aliphatic heterocycles. The highest BCUT2D eigenvalue weighted by Crippen LogP contribution is 2.21. The highest BCUT2D eigenvalue weighted by molar-refractivity contribution is 5.75. The molecule has 0 fully saturated rings. The Kier molecular flexibility index (Phi) is 5.24. The zero-order valence-corrected chi connectivity index (χ0v) is 10.3. The third kappa shape index (κ3) is 6.47. The Bertz CT molecular complexity index is 208. The van der Waals surface area contributed by atoms with Crippen LogP contribution in [0.15, 0.2) is 0 Å². The Morgan fingerprint density at radius 2 is 1.87 bits per heavy atom. The fraction of sp³-hybridized carbons (Fsp3) is 0.909. The lowest BCUT2D eigenvalue weighted by Crippen LogP contribution is -2.44. The molecule has 0 spiro atoms. The van der Waals surface area contributed by atoms with Gasteiger partial charge in [-0.15, -0.1) is 0 Å². The maximum Gasteiger partial charge on any atom is 0.336 e. The third-order valence-corrected chi connectivity index (χ3v) is 1.85. The van der Waals surface area contributed by atoms with Crippen LogP contribution < -0.4 is 5.73 Å². The lowest BCUT2D eigenvalue weighted by molar-refractivity contribution is -0.158. The fourth-order valence-corrected chi connectivity index (χ4v) is 1.30. The van der Waals surface area contributed by atoms with E-state index in [9.17, 15) is 9.90 Å². The van der Waals surface area contributed by atoms with Crippen molar-refractivity contribution < 1.29 is 14.6 Å². The minimum atomic E-state index is -1.23. The number of aliphatic hydroxyl groups is 1. The molecule has 0 heterocycles. The van der Waals surface area contributed by atoms with Crippen LogP contribution in [0.4, 0.5) is 0 Å². The molecule has 0 saturated heterocycles. The summed E-state index contributed by atoms with van der Waals surface area (Å²) in [5.74, 6) is -0.637. The second kappa shape index (κ2) is 5.47. The van der Waals surface area contributed by atoms with Crippen molar-refractivity contribution in [1.29, 1.82) is 0 Å². The van der Waals surface area contributed by atoms with Gasteiger partial charge in [-0.2, -0.15) is 0 Å². The van der Waals surface area contributed by atoms with Gasteiger partial charge in [0.1, 0.15) is 0 Å². The molecule has 2 atom stereocenters. The zero-order chi connectivity index (χ0) is 12.2. The minimum Gasteiger partial charge on any atom is -0.461 e. The van der Waals surface area contributed by atoms with E-state index in [1.807, 2.05) is 20.8 Å². The topological polar surface area (TPSA) is 72.5 Å². The lowest BCUT2D eigenvalue weighted by Gasteiger charge is -2.26. The van der Waals surface area contributed by atoms with Gasteiger partial charge in [0.05, 0.1) is 6.10 Å². The number of aliphatic hydroxyl groups excluding tert-OH is 1. The molecule has 1 unspecified atom stereocenters. The first-order chi connectivity index (χ1) is 6.63. The van der Waals surface area contributed by atoms with E-state index in [2.05, 4.69) is 0 Å². The van der Waals surface area contributed by atoms with E-state index < -0.39 is 18.1 Å². The first kappa shape index (κ1) is 14.4. The molecule has 0 aromatic rings. The van der Waals surface area contributed by atoms with Crippen LogP contribution in [0.25, 0.3) is 0 Å². The van der Waals surface area contributed by atoms with Gasteiger partial charge in [0, 0.05) is 6.04 Å². The highest BCUT2D eigenvalue weighted by atomic mass is 16.6. The van der Waals surface area contributed by atoms with Gasteiger partial charge in [-0.25, -0.2) is 4.79 Å². The second-order valence-electron chi connectivity index (χ2n) is 5.36.